The first-order chi connectivity index (χ1) is 13.5. The molecule has 1 fully saturated rings. The number of aryl methyl sites for hydroxylation is 1. The van der Waals surface area contributed by atoms with Gasteiger partial charge in [-0.1, -0.05) is 13.3 Å². The third-order valence-electron chi connectivity index (χ3n) is 4.91. The van der Waals surface area contributed by atoms with Crippen LogP contribution in [-0.4, -0.2) is 41.1 Å². The number of halogens is 2. The molecule has 1 unspecified atom stereocenters. The number of nitro groups is 1. The van der Waals surface area contributed by atoms with Crippen LogP contribution in [0.1, 0.15) is 31.9 Å². The average molecular weight is 458 g/mol. The van der Waals surface area contributed by atoms with Crippen LogP contribution in [0.2, 0.25) is 0 Å². The van der Waals surface area contributed by atoms with Crippen molar-refractivity contribution < 1.29 is 4.92 Å². The Morgan fingerprint density at radius 3 is 2.73 bits per heavy atom. The number of piperidine rings is 1. The van der Waals surface area contributed by atoms with E-state index in [1.165, 1.54) is 12.1 Å². The Morgan fingerprint density at radius 2 is 2.07 bits per heavy atom. The van der Waals surface area contributed by atoms with Crippen LogP contribution in [0.15, 0.2) is 24.3 Å². The first-order valence-corrected chi connectivity index (χ1v) is 9.61. The fraction of sp³-hybridized carbons (Fsp3) is 0.474. The minimum absolute atomic E-state index is 0. The van der Waals surface area contributed by atoms with Gasteiger partial charge < -0.3 is 21.3 Å². The highest BCUT2D eigenvalue weighted by Gasteiger charge is 2.21. The van der Waals surface area contributed by atoms with E-state index in [-0.39, 0.29) is 36.2 Å². The largest absolute Gasteiger partial charge is 0.393 e. The zero-order valence-electron chi connectivity index (χ0n) is 17.1. The van der Waals surface area contributed by atoms with Crippen LogP contribution in [0, 0.1) is 10.1 Å². The number of hydrogen-bond donors (Lipinski definition) is 3. The highest BCUT2D eigenvalue weighted by molar-refractivity contribution is 5.85. The lowest BCUT2D eigenvalue weighted by Crippen LogP contribution is -2.44. The molecule has 0 spiro atoms. The Labute approximate surface area is 188 Å². The molecule has 0 radical (unpaired) electrons. The quantitative estimate of drug-likeness (QED) is 0.326. The smallest absolute Gasteiger partial charge is 0.294 e. The zero-order chi connectivity index (χ0) is 20.1. The Hall–Kier alpha value is -2.36. The molecule has 0 aliphatic carbocycles. The summed E-state index contributed by atoms with van der Waals surface area (Å²) in [6.45, 7) is 3.95. The minimum atomic E-state index is -0.494. The Kier molecular flexibility index (Phi) is 10.0. The Bertz CT molecular complexity index is 854. The highest BCUT2D eigenvalue weighted by Crippen LogP contribution is 2.27. The Balaban J connectivity index is 0.00000225. The zero-order valence-corrected chi connectivity index (χ0v) is 18.8. The molecule has 1 saturated heterocycles. The lowest BCUT2D eigenvalue weighted by atomic mass is 10.1. The van der Waals surface area contributed by atoms with Gasteiger partial charge in [-0.25, -0.2) is 4.98 Å². The molecule has 0 bridgehead atoms. The second-order valence-electron chi connectivity index (χ2n) is 7.02. The van der Waals surface area contributed by atoms with Gasteiger partial charge in [-0.05, 0) is 38.4 Å². The summed E-state index contributed by atoms with van der Waals surface area (Å²) in [5.74, 6) is 1.32. The second-order valence-corrected chi connectivity index (χ2v) is 7.02. The number of hydrogen-bond acceptors (Lipinski definition) is 8. The van der Waals surface area contributed by atoms with Crippen LogP contribution < -0.4 is 21.3 Å². The maximum atomic E-state index is 11.1. The predicted molar refractivity (Wildman–Crippen MR) is 126 cm³/mol. The molecule has 4 N–H and O–H groups in total. The van der Waals surface area contributed by atoms with Crippen LogP contribution in [0.5, 0.6) is 0 Å². The molecule has 1 atom stereocenters. The molecule has 1 aromatic carbocycles. The topological polar surface area (TPSA) is 122 Å². The van der Waals surface area contributed by atoms with Gasteiger partial charge in [0.1, 0.15) is 11.5 Å². The standard InChI is InChI=1S/C19H27N7O2.2ClH/c1-3-5-13-11-18(25-9-4-6-15(12-25)21-2)24-19(22-13)23-14-7-8-16(20)17(10-14)26(27)28;;/h7-8,10-11,15,21H,3-6,9,12,20H2,1-2H3,(H,22,23,24);2*1H. The molecule has 1 aliphatic heterocycles. The van der Waals surface area contributed by atoms with Crippen molar-refractivity contribution in [3.63, 3.8) is 0 Å². The number of likely N-dealkylation sites (N-methyl/N-ethyl adjacent to an activating group) is 1. The summed E-state index contributed by atoms with van der Waals surface area (Å²) in [6, 6.07) is 7.09. The van der Waals surface area contributed by atoms with E-state index < -0.39 is 4.92 Å². The van der Waals surface area contributed by atoms with Gasteiger partial charge >= 0.3 is 0 Å². The third kappa shape index (κ3) is 6.32. The number of nitro benzene ring substituents is 1. The van der Waals surface area contributed by atoms with Gasteiger partial charge in [0.2, 0.25) is 5.95 Å². The fourth-order valence-electron chi connectivity index (χ4n) is 3.41. The number of aromatic nitrogens is 2. The van der Waals surface area contributed by atoms with Crippen molar-refractivity contribution in [1.29, 1.82) is 0 Å². The van der Waals surface area contributed by atoms with Gasteiger partial charge in [0, 0.05) is 42.6 Å². The molecule has 9 nitrogen and oxygen atoms in total. The number of anilines is 4. The number of nitrogen functional groups attached to an aromatic ring is 1. The molecule has 2 heterocycles. The summed E-state index contributed by atoms with van der Waals surface area (Å²) >= 11 is 0. The van der Waals surface area contributed by atoms with Crippen LogP contribution in [0.4, 0.5) is 28.8 Å². The van der Waals surface area contributed by atoms with Crippen LogP contribution in [-0.2, 0) is 6.42 Å². The van der Waals surface area contributed by atoms with E-state index >= 15 is 0 Å². The molecule has 1 aliphatic rings. The number of rotatable bonds is 7. The number of nitrogens with zero attached hydrogens (tertiary/aromatic N) is 4. The van der Waals surface area contributed by atoms with E-state index in [0.717, 1.165) is 50.3 Å². The summed E-state index contributed by atoms with van der Waals surface area (Å²) in [5.41, 5.74) is 7.16. The maximum absolute atomic E-state index is 11.1. The molecule has 2 aromatic rings. The first-order valence-electron chi connectivity index (χ1n) is 9.61. The number of nitrogens with one attached hydrogen (secondary N) is 2. The SMILES string of the molecule is CCCc1cc(N2CCCC(NC)C2)nc(Nc2ccc(N)c([N+](=O)[O-])c2)n1.Cl.Cl. The summed E-state index contributed by atoms with van der Waals surface area (Å²) < 4.78 is 0. The van der Waals surface area contributed by atoms with Gasteiger partial charge in [0.25, 0.3) is 5.69 Å². The molecule has 0 saturated carbocycles. The van der Waals surface area contributed by atoms with Crippen molar-refractivity contribution in [2.75, 3.05) is 36.1 Å². The van der Waals surface area contributed by atoms with E-state index in [9.17, 15) is 10.1 Å². The summed E-state index contributed by atoms with van der Waals surface area (Å²) in [6.07, 6.45) is 4.07. The van der Waals surface area contributed by atoms with Gasteiger partial charge in [-0.2, -0.15) is 4.98 Å². The van der Waals surface area contributed by atoms with Crippen molar-refractivity contribution in [3.05, 3.63) is 40.1 Å². The molecule has 1 aromatic heterocycles. The molecule has 30 heavy (non-hydrogen) atoms. The first kappa shape index (κ1) is 25.7. The van der Waals surface area contributed by atoms with Crippen LogP contribution in [0.25, 0.3) is 0 Å². The summed E-state index contributed by atoms with van der Waals surface area (Å²) in [7, 11) is 1.98. The molecule has 0 amide bonds. The molecular weight excluding hydrogens is 429 g/mol. The van der Waals surface area contributed by atoms with Crippen molar-refractivity contribution in [3.8, 4) is 0 Å². The lowest BCUT2D eigenvalue weighted by Gasteiger charge is -2.33. The monoisotopic (exact) mass is 457 g/mol. The van der Waals surface area contributed by atoms with Crippen LogP contribution in [0.3, 0.4) is 0 Å². The molecule has 11 heteroatoms. The van der Waals surface area contributed by atoms with Gasteiger partial charge in [0.05, 0.1) is 4.92 Å². The normalized spacial score (nSPS) is 15.7. The fourth-order valence-corrected chi connectivity index (χ4v) is 3.41. The molecule has 3 rings (SSSR count). The summed E-state index contributed by atoms with van der Waals surface area (Å²) in [4.78, 5) is 22.2. The van der Waals surface area contributed by atoms with Crippen molar-refractivity contribution in [2.45, 2.75) is 38.6 Å². The third-order valence-corrected chi connectivity index (χ3v) is 4.91. The maximum Gasteiger partial charge on any atom is 0.294 e. The molecule has 166 valence electrons. The van der Waals surface area contributed by atoms with Crippen molar-refractivity contribution in [1.82, 2.24) is 15.3 Å². The lowest BCUT2D eigenvalue weighted by molar-refractivity contribution is -0.383. The van der Waals surface area contributed by atoms with Crippen molar-refractivity contribution in [2.24, 2.45) is 0 Å². The summed E-state index contributed by atoms with van der Waals surface area (Å²) in [5, 5.41) is 17.6. The average Bonchev–Trinajstić information content (AvgIpc) is 2.69. The number of benzene rings is 1. The van der Waals surface area contributed by atoms with Gasteiger partial charge in [-0.3, -0.25) is 10.1 Å². The van der Waals surface area contributed by atoms with E-state index in [1.54, 1.807) is 6.07 Å². The second kappa shape index (κ2) is 11.7. The van der Waals surface area contributed by atoms with E-state index in [4.69, 9.17) is 5.73 Å². The van der Waals surface area contributed by atoms with E-state index in [0.29, 0.717) is 17.7 Å². The van der Waals surface area contributed by atoms with E-state index in [1.807, 2.05) is 13.1 Å². The van der Waals surface area contributed by atoms with Crippen LogP contribution >= 0.6 is 24.8 Å². The van der Waals surface area contributed by atoms with E-state index in [2.05, 4.69) is 32.4 Å². The molecular formula is C19H29Cl2N7O2. The predicted octanol–water partition coefficient (Wildman–Crippen LogP) is 3.69. The van der Waals surface area contributed by atoms with Gasteiger partial charge in [0.15, 0.2) is 0 Å². The highest BCUT2D eigenvalue weighted by atomic mass is 35.5. The number of nitrogens with two attached hydrogens (primary N) is 1. The van der Waals surface area contributed by atoms with Gasteiger partial charge in [-0.15, -0.1) is 24.8 Å². The Morgan fingerprint density at radius 1 is 1.30 bits per heavy atom. The van der Waals surface area contributed by atoms with Crippen molar-refractivity contribution >= 4 is 53.6 Å². The minimum Gasteiger partial charge on any atom is -0.393 e.